The maximum atomic E-state index is 11.6. The molecule has 0 radical (unpaired) electrons. The maximum Gasteiger partial charge on any atom is 0.227 e. The van der Waals surface area contributed by atoms with Gasteiger partial charge in [0.25, 0.3) is 0 Å². The first kappa shape index (κ1) is 21.8. The lowest BCUT2D eigenvalue weighted by molar-refractivity contribution is -0.117. The van der Waals surface area contributed by atoms with Gasteiger partial charge in [0.1, 0.15) is 0 Å². The van der Waals surface area contributed by atoms with Crippen LogP contribution in [0.1, 0.15) is 25.7 Å². The Morgan fingerprint density at radius 1 is 1.00 bits per heavy atom. The zero-order chi connectivity index (χ0) is 21.3. The monoisotopic (exact) mass is 434 g/mol. The number of pyridine rings is 1. The number of hydrogen-bond acceptors (Lipinski definition) is 5. The van der Waals surface area contributed by atoms with Crippen molar-refractivity contribution in [3.05, 3.63) is 67.0 Å². The molecule has 1 aromatic heterocycles. The van der Waals surface area contributed by atoms with Gasteiger partial charge >= 0.3 is 0 Å². The average molecular weight is 435 g/mol. The lowest BCUT2D eigenvalue weighted by Gasteiger charge is -2.22. The van der Waals surface area contributed by atoms with Gasteiger partial charge < -0.3 is 10.6 Å². The third kappa shape index (κ3) is 7.06. The Kier molecular flexibility index (Phi) is 7.93. The quantitative estimate of drug-likeness (QED) is 0.483. The predicted octanol–water partition coefficient (Wildman–Crippen LogP) is 4.87. The van der Waals surface area contributed by atoms with Crippen LogP contribution in [0.5, 0.6) is 0 Å². The zero-order valence-electron chi connectivity index (χ0n) is 17.7. The highest BCUT2D eigenvalue weighted by atomic mass is 32.2. The maximum absolute atomic E-state index is 11.6. The Labute approximate surface area is 188 Å². The SMILES string of the molecule is O=C(Nc1ccc2cnccc2c1)C1CC1.c1ccc(SNCC2CCNCC2)cc1. The molecule has 2 heterocycles. The molecule has 2 aliphatic rings. The molecule has 5 rings (SSSR count). The van der Waals surface area contributed by atoms with Gasteiger partial charge in [0.05, 0.1) is 0 Å². The van der Waals surface area contributed by atoms with Crippen molar-refractivity contribution in [1.29, 1.82) is 0 Å². The number of carbonyl (C=O) groups is 1. The van der Waals surface area contributed by atoms with E-state index >= 15 is 0 Å². The van der Waals surface area contributed by atoms with Crippen LogP contribution < -0.4 is 15.4 Å². The summed E-state index contributed by atoms with van der Waals surface area (Å²) in [4.78, 5) is 16.9. The van der Waals surface area contributed by atoms with Gasteiger partial charge in [-0.25, -0.2) is 0 Å². The van der Waals surface area contributed by atoms with Gasteiger partial charge in [-0.3, -0.25) is 14.5 Å². The molecule has 0 spiro atoms. The molecule has 2 fully saturated rings. The summed E-state index contributed by atoms with van der Waals surface area (Å²) >= 11 is 1.74. The van der Waals surface area contributed by atoms with E-state index in [9.17, 15) is 4.79 Å². The van der Waals surface area contributed by atoms with Crippen molar-refractivity contribution in [2.24, 2.45) is 11.8 Å². The molecular formula is C25H30N4OS. The van der Waals surface area contributed by atoms with E-state index in [1.807, 2.05) is 30.5 Å². The van der Waals surface area contributed by atoms with E-state index in [0.717, 1.165) is 41.8 Å². The minimum absolute atomic E-state index is 0.147. The van der Waals surface area contributed by atoms with E-state index in [4.69, 9.17) is 0 Å². The van der Waals surface area contributed by atoms with Crippen LogP contribution in [0.3, 0.4) is 0 Å². The number of amides is 1. The van der Waals surface area contributed by atoms with Gasteiger partial charge in [-0.05, 0) is 92.4 Å². The van der Waals surface area contributed by atoms with Crippen molar-refractivity contribution in [2.45, 2.75) is 30.6 Å². The van der Waals surface area contributed by atoms with E-state index in [-0.39, 0.29) is 11.8 Å². The first-order valence-corrected chi connectivity index (χ1v) is 11.9. The molecule has 5 nitrogen and oxygen atoms in total. The van der Waals surface area contributed by atoms with Crippen LogP contribution in [0.25, 0.3) is 10.8 Å². The summed E-state index contributed by atoms with van der Waals surface area (Å²) < 4.78 is 3.46. The Hall–Kier alpha value is -2.41. The second-order valence-corrected chi connectivity index (χ2v) is 9.12. The van der Waals surface area contributed by atoms with Crippen molar-refractivity contribution in [1.82, 2.24) is 15.0 Å². The number of anilines is 1. The Morgan fingerprint density at radius 2 is 1.81 bits per heavy atom. The molecule has 1 amide bonds. The van der Waals surface area contributed by atoms with Crippen LogP contribution in [-0.4, -0.2) is 30.5 Å². The number of fused-ring (bicyclic) bond motifs is 1. The highest BCUT2D eigenvalue weighted by Crippen LogP contribution is 2.30. The number of piperidine rings is 1. The number of hydrogen-bond donors (Lipinski definition) is 3. The normalized spacial score (nSPS) is 16.4. The van der Waals surface area contributed by atoms with Gasteiger partial charge in [-0.1, -0.05) is 24.3 Å². The van der Waals surface area contributed by atoms with Crippen molar-refractivity contribution in [3.8, 4) is 0 Å². The number of rotatable bonds is 6. The lowest BCUT2D eigenvalue weighted by atomic mass is 9.99. The van der Waals surface area contributed by atoms with Crippen LogP contribution in [-0.2, 0) is 4.79 Å². The first-order chi connectivity index (χ1) is 15.3. The minimum atomic E-state index is 0.147. The molecule has 2 aromatic carbocycles. The topological polar surface area (TPSA) is 66.0 Å². The van der Waals surface area contributed by atoms with Gasteiger partial charge in [-0.15, -0.1) is 0 Å². The fourth-order valence-corrected chi connectivity index (χ4v) is 4.35. The van der Waals surface area contributed by atoms with E-state index in [1.165, 1.54) is 30.8 Å². The number of nitrogens with zero attached hydrogens (tertiary/aromatic N) is 1. The summed E-state index contributed by atoms with van der Waals surface area (Å²) in [6.07, 6.45) is 8.26. The van der Waals surface area contributed by atoms with E-state index in [0.29, 0.717) is 0 Å². The van der Waals surface area contributed by atoms with E-state index < -0.39 is 0 Å². The van der Waals surface area contributed by atoms with Crippen LogP contribution in [0.2, 0.25) is 0 Å². The molecule has 162 valence electrons. The van der Waals surface area contributed by atoms with Gasteiger partial charge in [0.15, 0.2) is 0 Å². The second-order valence-electron chi connectivity index (χ2n) is 8.16. The fraction of sp³-hybridized carbons (Fsp3) is 0.360. The Bertz CT molecular complexity index is 971. The molecular weight excluding hydrogens is 404 g/mol. The van der Waals surface area contributed by atoms with Crippen molar-refractivity contribution < 1.29 is 4.79 Å². The van der Waals surface area contributed by atoms with Crippen LogP contribution in [0.15, 0.2) is 71.9 Å². The molecule has 0 atom stereocenters. The number of benzene rings is 2. The standard InChI is InChI=1S/C13H12N2O.C12H18N2S/c16-13(9-1-2-9)15-12-4-3-11-8-14-6-5-10(11)7-12;1-2-4-12(5-3-1)15-14-10-11-6-8-13-9-7-11/h3-9H,1-2H2,(H,15,16);1-5,11,13-14H,6-10H2. The molecule has 1 aliphatic carbocycles. The summed E-state index contributed by atoms with van der Waals surface area (Å²) in [7, 11) is 0. The van der Waals surface area contributed by atoms with Crippen LogP contribution in [0, 0.1) is 11.8 Å². The number of carbonyl (C=O) groups excluding carboxylic acids is 1. The lowest BCUT2D eigenvalue weighted by Crippen LogP contribution is -2.31. The van der Waals surface area contributed by atoms with Crippen molar-refractivity contribution in [2.75, 3.05) is 25.0 Å². The van der Waals surface area contributed by atoms with Gasteiger partial charge in [0, 0.05) is 40.8 Å². The van der Waals surface area contributed by atoms with Gasteiger partial charge in [0.2, 0.25) is 5.91 Å². The smallest absolute Gasteiger partial charge is 0.227 e. The summed E-state index contributed by atoms with van der Waals surface area (Å²) in [6, 6.07) is 18.3. The third-order valence-corrected chi connectivity index (χ3v) is 6.44. The molecule has 0 bridgehead atoms. The Balaban J connectivity index is 0.000000150. The molecule has 1 saturated carbocycles. The number of nitrogens with one attached hydrogen (secondary N) is 3. The van der Waals surface area contributed by atoms with E-state index in [2.05, 4.69) is 50.7 Å². The summed E-state index contributed by atoms with van der Waals surface area (Å²) in [6.45, 7) is 3.49. The molecule has 1 saturated heterocycles. The summed E-state index contributed by atoms with van der Waals surface area (Å²) in [5.41, 5.74) is 0.871. The fourth-order valence-electron chi connectivity index (χ4n) is 3.57. The van der Waals surface area contributed by atoms with Crippen molar-refractivity contribution >= 4 is 34.3 Å². The molecule has 0 unspecified atom stereocenters. The molecule has 1 aliphatic heterocycles. The minimum Gasteiger partial charge on any atom is -0.326 e. The Morgan fingerprint density at radius 3 is 2.58 bits per heavy atom. The molecule has 3 N–H and O–H groups in total. The molecule has 6 heteroatoms. The third-order valence-electron chi connectivity index (χ3n) is 5.62. The average Bonchev–Trinajstić information content (AvgIpc) is 3.67. The summed E-state index contributed by atoms with van der Waals surface area (Å²) in [5, 5.41) is 8.52. The summed E-state index contributed by atoms with van der Waals surface area (Å²) in [5.74, 6) is 1.24. The molecule has 31 heavy (non-hydrogen) atoms. The van der Waals surface area contributed by atoms with E-state index in [1.54, 1.807) is 18.1 Å². The largest absolute Gasteiger partial charge is 0.326 e. The first-order valence-electron chi connectivity index (χ1n) is 11.1. The highest BCUT2D eigenvalue weighted by Gasteiger charge is 2.29. The zero-order valence-corrected chi connectivity index (χ0v) is 18.5. The molecule has 3 aromatic rings. The predicted molar refractivity (Wildman–Crippen MR) is 129 cm³/mol. The second kappa shape index (κ2) is 11.3. The highest BCUT2D eigenvalue weighted by molar-refractivity contribution is 7.97. The van der Waals surface area contributed by atoms with Gasteiger partial charge in [-0.2, -0.15) is 0 Å². The van der Waals surface area contributed by atoms with Crippen LogP contribution >= 0.6 is 11.9 Å². The number of aromatic nitrogens is 1. The van der Waals surface area contributed by atoms with Crippen LogP contribution in [0.4, 0.5) is 5.69 Å². The van der Waals surface area contributed by atoms with Crippen molar-refractivity contribution in [3.63, 3.8) is 0 Å².